The average Bonchev–Trinajstić information content (AvgIpc) is 2.88. The lowest BCUT2D eigenvalue weighted by molar-refractivity contribution is 0.276. The number of aliphatic hydroxyl groups is 1. The molecule has 0 unspecified atom stereocenters. The summed E-state index contributed by atoms with van der Waals surface area (Å²) >= 11 is 1.64. The Balaban J connectivity index is 2.28. The zero-order chi connectivity index (χ0) is 13.7. The quantitative estimate of drug-likeness (QED) is 0.876. The fourth-order valence-electron chi connectivity index (χ4n) is 1.85. The Bertz CT molecular complexity index is 515. The number of aliphatic hydroxyl groups excluding tert-OH is 1. The molecule has 0 atom stereocenters. The normalized spacial score (nSPS) is 10.7. The van der Waals surface area contributed by atoms with Gasteiger partial charge >= 0.3 is 0 Å². The maximum Gasteiger partial charge on any atom is 0.124 e. The van der Waals surface area contributed by atoms with Gasteiger partial charge in [-0.1, -0.05) is 26.0 Å². The van der Waals surface area contributed by atoms with E-state index in [1.54, 1.807) is 11.3 Å². The van der Waals surface area contributed by atoms with Crippen molar-refractivity contribution in [1.82, 2.24) is 4.98 Å². The van der Waals surface area contributed by atoms with E-state index in [9.17, 15) is 5.11 Å². The van der Waals surface area contributed by atoms with E-state index < -0.39 is 0 Å². The molecule has 0 saturated carbocycles. The van der Waals surface area contributed by atoms with Gasteiger partial charge in [-0.05, 0) is 25.0 Å². The van der Waals surface area contributed by atoms with Crippen molar-refractivity contribution in [1.29, 1.82) is 0 Å². The largest absolute Gasteiger partial charge is 0.494 e. The summed E-state index contributed by atoms with van der Waals surface area (Å²) in [4.78, 5) is 5.65. The van der Waals surface area contributed by atoms with E-state index in [0.717, 1.165) is 46.3 Å². The first kappa shape index (κ1) is 14.0. The van der Waals surface area contributed by atoms with Crippen LogP contribution in [0.3, 0.4) is 0 Å². The average molecular weight is 277 g/mol. The molecular formula is C15H19NO2S. The van der Waals surface area contributed by atoms with Crippen molar-refractivity contribution < 1.29 is 9.84 Å². The topological polar surface area (TPSA) is 42.4 Å². The second-order valence-electron chi connectivity index (χ2n) is 4.28. The third kappa shape index (κ3) is 3.33. The second kappa shape index (κ2) is 6.68. The highest BCUT2D eigenvalue weighted by molar-refractivity contribution is 7.15. The molecular weight excluding hydrogens is 258 g/mol. The van der Waals surface area contributed by atoms with Gasteiger partial charge in [0.1, 0.15) is 10.8 Å². The smallest absolute Gasteiger partial charge is 0.124 e. The molecule has 4 heteroatoms. The maximum atomic E-state index is 9.30. The van der Waals surface area contributed by atoms with Crippen molar-refractivity contribution in [2.75, 3.05) is 6.61 Å². The number of aryl methyl sites for hydroxylation is 1. The molecule has 3 nitrogen and oxygen atoms in total. The molecule has 2 rings (SSSR count). The van der Waals surface area contributed by atoms with Crippen molar-refractivity contribution in [3.8, 4) is 16.3 Å². The van der Waals surface area contributed by atoms with Crippen molar-refractivity contribution in [2.24, 2.45) is 0 Å². The molecule has 0 spiro atoms. The van der Waals surface area contributed by atoms with E-state index in [0.29, 0.717) is 0 Å². The molecule has 1 aromatic heterocycles. The van der Waals surface area contributed by atoms with Crippen LogP contribution in [-0.2, 0) is 13.0 Å². The number of hydrogen-bond acceptors (Lipinski definition) is 4. The summed E-state index contributed by atoms with van der Waals surface area (Å²) < 4.78 is 5.63. The van der Waals surface area contributed by atoms with Gasteiger partial charge in [-0.25, -0.2) is 4.98 Å². The highest BCUT2D eigenvalue weighted by Gasteiger charge is 2.11. The number of aromatic nitrogens is 1. The Hall–Kier alpha value is -1.39. The lowest BCUT2D eigenvalue weighted by Gasteiger charge is -2.05. The molecule has 2 aromatic rings. The van der Waals surface area contributed by atoms with Crippen LogP contribution in [0.25, 0.3) is 10.6 Å². The van der Waals surface area contributed by atoms with Crippen LogP contribution in [0.2, 0.25) is 0 Å². The molecule has 0 radical (unpaired) electrons. The van der Waals surface area contributed by atoms with Crippen LogP contribution in [0.5, 0.6) is 5.75 Å². The maximum absolute atomic E-state index is 9.30. The minimum Gasteiger partial charge on any atom is -0.494 e. The predicted octanol–water partition coefficient (Wildman–Crippen LogP) is 3.65. The zero-order valence-corrected chi connectivity index (χ0v) is 12.2. The molecule has 102 valence electrons. The molecule has 0 aliphatic carbocycles. The SMILES string of the molecule is CCCOc1cccc(-c2nc(CO)c(CC)s2)c1. The molecule has 0 saturated heterocycles. The Kier molecular flexibility index (Phi) is 4.93. The number of thiazole rings is 1. The third-order valence-corrected chi connectivity index (χ3v) is 4.09. The Labute approximate surface area is 117 Å². The molecule has 0 fully saturated rings. The lowest BCUT2D eigenvalue weighted by atomic mass is 10.2. The standard InChI is InChI=1S/C15H19NO2S/c1-3-8-18-12-7-5-6-11(9-12)15-16-13(10-17)14(4-2)19-15/h5-7,9,17H,3-4,8,10H2,1-2H3. The minimum atomic E-state index is 0.00565. The highest BCUT2D eigenvalue weighted by Crippen LogP contribution is 2.30. The fraction of sp³-hybridized carbons (Fsp3) is 0.400. The molecule has 1 aromatic carbocycles. The summed E-state index contributed by atoms with van der Waals surface area (Å²) in [6.07, 6.45) is 1.90. The number of ether oxygens (including phenoxy) is 1. The van der Waals surface area contributed by atoms with E-state index in [4.69, 9.17) is 4.74 Å². The molecule has 1 N–H and O–H groups in total. The van der Waals surface area contributed by atoms with Crippen molar-refractivity contribution in [2.45, 2.75) is 33.3 Å². The van der Waals surface area contributed by atoms with E-state index in [1.165, 1.54) is 0 Å². The van der Waals surface area contributed by atoms with Gasteiger partial charge in [0.2, 0.25) is 0 Å². The summed E-state index contributed by atoms with van der Waals surface area (Å²) in [5.41, 5.74) is 1.84. The Morgan fingerprint density at radius 3 is 2.79 bits per heavy atom. The minimum absolute atomic E-state index is 0.00565. The molecule has 19 heavy (non-hydrogen) atoms. The van der Waals surface area contributed by atoms with Crippen LogP contribution in [0.1, 0.15) is 30.8 Å². The van der Waals surface area contributed by atoms with Gasteiger partial charge in [-0.2, -0.15) is 0 Å². The van der Waals surface area contributed by atoms with Gasteiger partial charge in [0.25, 0.3) is 0 Å². The second-order valence-corrected chi connectivity index (χ2v) is 5.36. The highest BCUT2D eigenvalue weighted by atomic mass is 32.1. The summed E-state index contributed by atoms with van der Waals surface area (Å²) in [6, 6.07) is 7.97. The van der Waals surface area contributed by atoms with E-state index >= 15 is 0 Å². The first-order valence-electron chi connectivity index (χ1n) is 6.61. The van der Waals surface area contributed by atoms with Gasteiger partial charge in [0.05, 0.1) is 18.9 Å². The van der Waals surface area contributed by atoms with Crippen LogP contribution in [0.4, 0.5) is 0 Å². The van der Waals surface area contributed by atoms with E-state index in [1.807, 2.05) is 24.3 Å². The molecule has 0 aliphatic heterocycles. The van der Waals surface area contributed by atoms with Crippen molar-refractivity contribution in [3.05, 3.63) is 34.8 Å². The number of benzene rings is 1. The van der Waals surface area contributed by atoms with Crippen molar-refractivity contribution >= 4 is 11.3 Å². The summed E-state index contributed by atoms with van der Waals surface area (Å²) in [6.45, 7) is 4.90. The van der Waals surface area contributed by atoms with Gasteiger partial charge in [0.15, 0.2) is 0 Å². The first-order valence-corrected chi connectivity index (χ1v) is 7.42. The Morgan fingerprint density at radius 1 is 1.32 bits per heavy atom. The number of nitrogens with zero attached hydrogens (tertiary/aromatic N) is 1. The van der Waals surface area contributed by atoms with E-state index in [-0.39, 0.29) is 6.61 Å². The van der Waals surface area contributed by atoms with Crippen LogP contribution in [0.15, 0.2) is 24.3 Å². The molecule has 0 bridgehead atoms. The van der Waals surface area contributed by atoms with Gasteiger partial charge in [0, 0.05) is 10.4 Å². The summed E-state index contributed by atoms with van der Waals surface area (Å²) in [5.74, 6) is 0.873. The van der Waals surface area contributed by atoms with Crippen molar-refractivity contribution in [3.63, 3.8) is 0 Å². The van der Waals surface area contributed by atoms with E-state index in [2.05, 4.69) is 18.8 Å². The predicted molar refractivity (Wildman–Crippen MR) is 78.6 cm³/mol. The Morgan fingerprint density at radius 2 is 2.16 bits per heavy atom. The number of rotatable bonds is 6. The van der Waals surface area contributed by atoms with Crippen LogP contribution in [-0.4, -0.2) is 16.7 Å². The molecule has 0 amide bonds. The van der Waals surface area contributed by atoms with Gasteiger partial charge < -0.3 is 9.84 Å². The first-order chi connectivity index (χ1) is 9.28. The monoisotopic (exact) mass is 277 g/mol. The van der Waals surface area contributed by atoms with Gasteiger partial charge in [-0.3, -0.25) is 0 Å². The van der Waals surface area contributed by atoms with Crippen LogP contribution in [0, 0.1) is 0 Å². The molecule has 0 aliphatic rings. The summed E-state index contributed by atoms with van der Waals surface area (Å²) in [5, 5.41) is 10.2. The molecule has 1 heterocycles. The zero-order valence-electron chi connectivity index (χ0n) is 11.3. The van der Waals surface area contributed by atoms with Crippen LogP contribution >= 0.6 is 11.3 Å². The third-order valence-electron chi connectivity index (χ3n) is 2.80. The number of hydrogen-bond donors (Lipinski definition) is 1. The summed E-state index contributed by atoms with van der Waals surface area (Å²) in [7, 11) is 0. The lowest BCUT2D eigenvalue weighted by Crippen LogP contribution is -1.94. The van der Waals surface area contributed by atoms with Crippen LogP contribution < -0.4 is 4.74 Å². The van der Waals surface area contributed by atoms with Gasteiger partial charge in [-0.15, -0.1) is 11.3 Å². The fourth-order valence-corrected chi connectivity index (χ4v) is 2.85.